The lowest BCUT2D eigenvalue weighted by Gasteiger charge is -2.29. The van der Waals surface area contributed by atoms with Crippen LogP contribution in [0.2, 0.25) is 0 Å². The second kappa shape index (κ2) is 7.23. The van der Waals surface area contributed by atoms with Crippen LogP contribution in [0.4, 0.5) is 10.1 Å². The van der Waals surface area contributed by atoms with Gasteiger partial charge in [0, 0.05) is 19.6 Å². The highest BCUT2D eigenvalue weighted by Crippen LogP contribution is 2.25. The summed E-state index contributed by atoms with van der Waals surface area (Å²) < 4.78 is 13.8. The van der Waals surface area contributed by atoms with E-state index in [1.54, 1.807) is 6.07 Å². The molecule has 0 saturated carbocycles. The molecule has 0 aliphatic carbocycles. The Balaban J connectivity index is 2.09. The van der Waals surface area contributed by atoms with E-state index in [2.05, 4.69) is 24.4 Å². The van der Waals surface area contributed by atoms with E-state index in [9.17, 15) is 4.39 Å². The molecule has 0 fully saturated rings. The molecule has 21 heavy (non-hydrogen) atoms. The summed E-state index contributed by atoms with van der Waals surface area (Å²) in [5, 5.41) is 3.37. The molecule has 0 amide bonds. The molecule has 2 atom stereocenters. The quantitative estimate of drug-likeness (QED) is 0.867. The van der Waals surface area contributed by atoms with Crippen LogP contribution in [0, 0.1) is 11.7 Å². The van der Waals surface area contributed by atoms with E-state index in [-0.39, 0.29) is 11.9 Å². The number of nitrogens with zero attached hydrogens (tertiary/aromatic N) is 1. The normalized spacial score (nSPS) is 13.7. The van der Waals surface area contributed by atoms with E-state index >= 15 is 0 Å². The van der Waals surface area contributed by atoms with Gasteiger partial charge in [-0.3, -0.25) is 0 Å². The van der Waals surface area contributed by atoms with Crippen LogP contribution in [0.15, 0.2) is 54.6 Å². The molecule has 0 heterocycles. The highest BCUT2D eigenvalue weighted by Gasteiger charge is 2.19. The third-order valence-electron chi connectivity index (χ3n) is 3.86. The van der Waals surface area contributed by atoms with Gasteiger partial charge in [0.2, 0.25) is 0 Å². The number of hydrogen-bond acceptors (Lipinski definition) is 2. The molecule has 0 radical (unpaired) electrons. The number of hydrogen-bond donors (Lipinski definition) is 1. The van der Waals surface area contributed by atoms with Crippen molar-refractivity contribution >= 4 is 5.69 Å². The molecule has 2 aromatic rings. The molecule has 0 aromatic heterocycles. The zero-order valence-corrected chi connectivity index (χ0v) is 12.9. The van der Waals surface area contributed by atoms with E-state index < -0.39 is 0 Å². The van der Waals surface area contributed by atoms with E-state index in [0.29, 0.717) is 11.6 Å². The predicted molar refractivity (Wildman–Crippen MR) is 87.1 cm³/mol. The van der Waals surface area contributed by atoms with Gasteiger partial charge in [-0.2, -0.15) is 0 Å². The van der Waals surface area contributed by atoms with Gasteiger partial charge < -0.3 is 10.2 Å². The van der Waals surface area contributed by atoms with E-state index in [1.807, 2.05) is 49.3 Å². The lowest BCUT2D eigenvalue weighted by Crippen LogP contribution is -2.33. The van der Waals surface area contributed by atoms with Crippen molar-refractivity contribution in [2.45, 2.75) is 13.0 Å². The van der Waals surface area contributed by atoms with Crippen molar-refractivity contribution in [2.24, 2.45) is 5.92 Å². The van der Waals surface area contributed by atoms with Gasteiger partial charge in [-0.05, 0) is 30.7 Å². The Morgan fingerprint density at radius 2 is 1.67 bits per heavy atom. The fraction of sp³-hybridized carbons (Fsp3) is 0.333. The maximum Gasteiger partial charge on any atom is 0.146 e. The van der Waals surface area contributed by atoms with Crippen LogP contribution in [0.1, 0.15) is 18.5 Å². The molecular weight excluding hydrogens is 263 g/mol. The minimum atomic E-state index is -0.173. The van der Waals surface area contributed by atoms with Gasteiger partial charge >= 0.3 is 0 Å². The largest absolute Gasteiger partial charge is 0.372 e. The van der Waals surface area contributed by atoms with Gasteiger partial charge in [0.1, 0.15) is 5.82 Å². The van der Waals surface area contributed by atoms with Crippen LogP contribution < -0.4 is 10.2 Å². The molecule has 0 saturated heterocycles. The minimum absolute atomic E-state index is 0.173. The summed E-state index contributed by atoms with van der Waals surface area (Å²) in [4.78, 5) is 1.98. The highest BCUT2D eigenvalue weighted by atomic mass is 19.1. The maximum absolute atomic E-state index is 13.8. The first kappa shape index (κ1) is 15.5. The monoisotopic (exact) mass is 286 g/mol. The second-order valence-corrected chi connectivity index (χ2v) is 5.49. The van der Waals surface area contributed by atoms with E-state index in [1.165, 1.54) is 11.6 Å². The number of anilines is 1. The summed E-state index contributed by atoms with van der Waals surface area (Å²) >= 11 is 0. The van der Waals surface area contributed by atoms with Crippen LogP contribution in [0.25, 0.3) is 0 Å². The first-order chi connectivity index (χ1) is 10.1. The van der Waals surface area contributed by atoms with Gasteiger partial charge in [-0.1, -0.05) is 49.4 Å². The maximum atomic E-state index is 13.8. The average molecular weight is 286 g/mol. The zero-order valence-electron chi connectivity index (χ0n) is 12.9. The SMILES string of the molecule is CNC(c1ccccc1)C(C)CN(C)c1ccccc1F. The topological polar surface area (TPSA) is 15.3 Å². The molecule has 1 N–H and O–H groups in total. The lowest BCUT2D eigenvalue weighted by molar-refractivity contribution is 0.412. The zero-order chi connectivity index (χ0) is 15.2. The van der Waals surface area contributed by atoms with Gasteiger partial charge in [0.25, 0.3) is 0 Å². The average Bonchev–Trinajstić information content (AvgIpc) is 2.49. The Labute approximate surface area is 126 Å². The number of para-hydroxylation sites is 1. The molecular formula is C18H23FN2. The molecule has 112 valence electrons. The summed E-state index contributed by atoms with van der Waals surface area (Å²) in [6.07, 6.45) is 0. The fourth-order valence-electron chi connectivity index (χ4n) is 2.84. The molecule has 2 nitrogen and oxygen atoms in total. The van der Waals surface area contributed by atoms with Crippen LogP contribution in [0.3, 0.4) is 0 Å². The van der Waals surface area contributed by atoms with Crippen LogP contribution in [-0.2, 0) is 0 Å². The second-order valence-electron chi connectivity index (χ2n) is 5.49. The fourth-order valence-corrected chi connectivity index (χ4v) is 2.84. The molecule has 0 aliphatic heterocycles. The smallest absolute Gasteiger partial charge is 0.146 e. The standard InChI is InChI=1S/C18H23FN2/c1-14(18(20-2)15-9-5-4-6-10-15)13-21(3)17-12-8-7-11-16(17)19/h4-12,14,18,20H,13H2,1-3H3. The lowest BCUT2D eigenvalue weighted by atomic mass is 9.94. The van der Waals surface area contributed by atoms with Gasteiger partial charge in [-0.15, -0.1) is 0 Å². The summed E-state index contributed by atoms with van der Waals surface area (Å²) in [7, 11) is 3.91. The molecule has 0 spiro atoms. The van der Waals surface area contributed by atoms with Crippen LogP contribution >= 0.6 is 0 Å². The molecule has 2 aromatic carbocycles. The van der Waals surface area contributed by atoms with Crippen molar-refractivity contribution < 1.29 is 4.39 Å². The molecule has 3 heteroatoms. The molecule has 2 unspecified atom stereocenters. The predicted octanol–water partition coefficient (Wildman–Crippen LogP) is 3.86. The Hall–Kier alpha value is -1.87. The van der Waals surface area contributed by atoms with E-state index in [0.717, 1.165) is 6.54 Å². The van der Waals surface area contributed by atoms with Crippen LogP contribution in [-0.4, -0.2) is 20.6 Å². The summed E-state index contributed by atoms with van der Waals surface area (Å²) in [6.45, 7) is 2.97. The number of nitrogens with one attached hydrogen (secondary N) is 1. The Morgan fingerprint density at radius 3 is 2.29 bits per heavy atom. The van der Waals surface area contributed by atoms with Crippen molar-refractivity contribution in [2.75, 3.05) is 25.5 Å². The van der Waals surface area contributed by atoms with Crippen LogP contribution in [0.5, 0.6) is 0 Å². The van der Waals surface area contributed by atoms with Crippen molar-refractivity contribution in [3.05, 3.63) is 66.0 Å². The first-order valence-electron chi connectivity index (χ1n) is 7.31. The molecule has 0 bridgehead atoms. The summed E-state index contributed by atoms with van der Waals surface area (Å²) in [5.74, 6) is 0.176. The summed E-state index contributed by atoms with van der Waals surface area (Å²) in [5.41, 5.74) is 1.90. The summed E-state index contributed by atoms with van der Waals surface area (Å²) in [6, 6.07) is 17.5. The minimum Gasteiger partial charge on any atom is -0.372 e. The first-order valence-corrected chi connectivity index (χ1v) is 7.31. The number of halogens is 1. The van der Waals surface area contributed by atoms with Gasteiger partial charge in [0.05, 0.1) is 5.69 Å². The Kier molecular flexibility index (Phi) is 5.34. The third-order valence-corrected chi connectivity index (χ3v) is 3.86. The molecule has 2 rings (SSSR count). The number of rotatable bonds is 6. The van der Waals surface area contributed by atoms with Crippen molar-refractivity contribution in [3.63, 3.8) is 0 Å². The van der Waals surface area contributed by atoms with Crippen molar-refractivity contribution in [1.29, 1.82) is 0 Å². The third kappa shape index (κ3) is 3.82. The number of benzene rings is 2. The Bertz CT molecular complexity index is 556. The van der Waals surface area contributed by atoms with Crippen molar-refractivity contribution in [1.82, 2.24) is 5.32 Å². The Morgan fingerprint density at radius 1 is 1.05 bits per heavy atom. The van der Waals surface area contributed by atoms with Gasteiger partial charge in [0.15, 0.2) is 0 Å². The molecule has 0 aliphatic rings. The van der Waals surface area contributed by atoms with Gasteiger partial charge in [-0.25, -0.2) is 4.39 Å². The van der Waals surface area contributed by atoms with E-state index in [4.69, 9.17) is 0 Å². The van der Waals surface area contributed by atoms with Crippen molar-refractivity contribution in [3.8, 4) is 0 Å². The highest BCUT2D eigenvalue weighted by molar-refractivity contribution is 5.46.